The van der Waals surface area contributed by atoms with E-state index in [0.29, 0.717) is 24.6 Å². The van der Waals surface area contributed by atoms with Gasteiger partial charge in [0.1, 0.15) is 5.82 Å². The Labute approximate surface area is 206 Å². The summed E-state index contributed by atoms with van der Waals surface area (Å²) in [5.41, 5.74) is 0.238. The van der Waals surface area contributed by atoms with Gasteiger partial charge in [0.05, 0.1) is 10.5 Å². The van der Waals surface area contributed by atoms with Crippen molar-refractivity contribution in [2.45, 2.75) is 30.5 Å². The second kappa shape index (κ2) is 9.74. The van der Waals surface area contributed by atoms with Gasteiger partial charge >= 0.3 is 12.3 Å². The molecule has 0 radical (unpaired) electrons. The van der Waals surface area contributed by atoms with Crippen LogP contribution >= 0.6 is 0 Å². The highest BCUT2D eigenvalue weighted by Crippen LogP contribution is 2.38. The van der Waals surface area contributed by atoms with E-state index in [9.17, 15) is 30.8 Å². The Morgan fingerprint density at radius 1 is 1.08 bits per heavy atom. The lowest BCUT2D eigenvalue weighted by Crippen LogP contribution is -2.54. The summed E-state index contributed by atoms with van der Waals surface area (Å²) in [6, 6.07) is 8.21. The van der Waals surface area contributed by atoms with E-state index in [1.54, 1.807) is 31.2 Å². The molecule has 36 heavy (non-hydrogen) atoms. The zero-order chi connectivity index (χ0) is 26.3. The topological polar surface area (TPSA) is 81.2 Å². The van der Waals surface area contributed by atoms with Crippen LogP contribution in [0.25, 0.3) is 5.57 Å². The van der Waals surface area contributed by atoms with E-state index in [1.165, 1.54) is 20.2 Å². The number of sulfonamides is 1. The molecule has 2 aromatic rings. The summed E-state index contributed by atoms with van der Waals surface area (Å²) in [6.07, 6.45) is -3.56. The molecule has 2 heterocycles. The highest BCUT2D eigenvalue weighted by Gasteiger charge is 2.39. The number of halogens is 4. The molecule has 2 aromatic carbocycles. The minimum absolute atomic E-state index is 0.00378. The van der Waals surface area contributed by atoms with E-state index < -0.39 is 39.7 Å². The molecule has 7 nitrogen and oxygen atoms in total. The van der Waals surface area contributed by atoms with E-state index in [4.69, 9.17) is 5.11 Å². The molecule has 4 rings (SSSR count). The summed E-state index contributed by atoms with van der Waals surface area (Å²) >= 11 is 0. The smallest absolute Gasteiger partial charge is 0.418 e. The van der Waals surface area contributed by atoms with E-state index >= 15 is 0 Å². The quantitative estimate of drug-likeness (QED) is 0.592. The number of carboxylic acid groups (broad SMARTS) is 1. The predicted molar refractivity (Wildman–Crippen MR) is 126 cm³/mol. The van der Waals surface area contributed by atoms with Crippen LogP contribution in [-0.2, 0) is 16.2 Å². The fourth-order valence-corrected chi connectivity index (χ4v) is 6.28. The second-order valence-electron chi connectivity index (χ2n) is 8.81. The molecule has 1 fully saturated rings. The first-order chi connectivity index (χ1) is 16.9. The minimum Gasteiger partial charge on any atom is -0.465 e. The number of hydrogen-bond acceptors (Lipinski definition) is 4. The number of hydrogen-bond donors (Lipinski definition) is 1. The summed E-state index contributed by atoms with van der Waals surface area (Å²) in [4.78, 5) is 13.9. The molecule has 1 N–H and O–H groups in total. The van der Waals surface area contributed by atoms with Crippen LogP contribution in [0.15, 0.2) is 53.4 Å². The van der Waals surface area contributed by atoms with Gasteiger partial charge in [-0.25, -0.2) is 17.6 Å². The van der Waals surface area contributed by atoms with E-state index in [-0.39, 0.29) is 36.8 Å². The van der Waals surface area contributed by atoms with Crippen molar-refractivity contribution in [3.05, 3.63) is 65.5 Å². The van der Waals surface area contributed by atoms with Crippen molar-refractivity contribution in [3.63, 3.8) is 0 Å². The summed E-state index contributed by atoms with van der Waals surface area (Å²) in [5, 5.41) is 9.11. The van der Waals surface area contributed by atoms with Gasteiger partial charge in [-0.05, 0) is 54.8 Å². The Morgan fingerprint density at radius 2 is 1.83 bits per heavy atom. The van der Waals surface area contributed by atoms with Crippen LogP contribution < -0.4 is 4.90 Å². The van der Waals surface area contributed by atoms with Gasteiger partial charge < -0.3 is 14.9 Å². The molecular weight excluding hydrogens is 502 g/mol. The lowest BCUT2D eigenvalue weighted by atomic mass is 10.00. The van der Waals surface area contributed by atoms with Crippen molar-refractivity contribution >= 4 is 27.4 Å². The molecule has 1 amide bonds. The Balaban J connectivity index is 1.54. The number of anilines is 1. The number of benzene rings is 2. The maximum absolute atomic E-state index is 13.5. The van der Waals surface area contributed by atoms with Crippen LogP contribution in [-0.4, -0.2) is 67.6 Å². The molecule has 0 spiro atoms. The summed E-state index contributed by atoms with van der Waals surface area (Å²) in [6.45, 7) is 2.11. The van der Waals surface area contributed by atoms with Gasteiger partial charge in [0.25, 0.3) is 0 Å². The average Bonchev–Trinajstić information content (AvgIpc) is 2.83. The standard InChI is InChI=1S/C24H25F4N3O4S/c1-16-15-30(22-6-5-19(25)14-21(22)24(26,27)28)11-12-31(16)36(34,35)20-4-2-3-18(13-20)17-7-9-29(10-8-17)23(32)33/h2-7,13-14,16H,8-12,15H2,1H3,(H,32,33). The fraction of sp³-hybridized carbons (Fsp3) is 0.375. The van der Waals surface area contributed by atoms with Gasteiger partial charge in [0, 0.05) is 44.5 Å². The molecule has 0 saturated carbocycles. The van der Waals surface area contributed by atoms with Gasteiger partial charge in [0.2, 0.25) is 10.0 Å². The average molecular weight is 528 g/mol. The van der Waals surface area contributed by atoms with Crippen molar-refractivity contribution in [3.8, 4) is 0 Å². The Morgan fingerprint density at radius 3 is 2.44 bits per heavy atom. The Hall–Kier alpha value is -3.12. The number of rotatable bonds is 4. The zero-order valence-electron chi connectivity index (χ0n) is 19.4. The highest BCUT2D eigenvalue weighted by molar-refractivity contribution is 7.89. The van der Waals surface area contributed by atoms with Gasteiger partial charge in [-0.15, -0.1) is 0 Å². The minimum atomic E-state index is -4.75. The van der Waals surface area contributed by atoms with Gasteiger partial charge in [-0.2, -0.15) is 17.5 Å². The SMILES string of the molecule is CC1CN(c2ccc(F)cc2C(F)(F)F)CCN1S(=O)(=O)c1cccc(C2=CCN(C(=O)O)CC2)c1. The molecule has 2 aliphatic rings. The zero-order valence-corrected chi connectivity index (χ0v) is 20.2. The van der Waals surface area contributed by atoms with Crippen LogP contribution in [0.1, 0.15) is 24.5 Å². The van der Waals surface area contributed by atoms with Crippen molar-refractivity contribution in [2.75, 3.05) is 37.6 Å². The van der Waals surface area contributed by atoms with Crippen molar-refractivity contribution in [2.24, 2.45) is 0 Å². The molecular formula is C24H25F4N3O4S. The monoisotopic (exact) mass is 527 g/mol. The molecule has 2 aliphatic heterocycles. The summed E-state index contributed by atoms with van der Waals surface area (Å²) in [5.74, 6) is -0.996. The molecule has 0 bridgehead atoms. The van der Waals surface area contributed by atoms with E-state index in [2.05, 4.69) is 0 Å². The predicted octanol–water partition coefficient (Wildman–Crippen LogP) is 4.51. The van der Waals surface area contributed by atoms with E-state index in [1.807, 2.05) is 0 Å². The fourth-order valence-electron chi connectivity index (χ4n) is 4.62. The maximum atomic E-state index is 13.5. The summed E-state index contributed by atoms with van der Waals surface area (Å²) < 4.78 is 82.1. The lowest BCUT2D eigenvalue weighted by molar-refractivity contribution is -0.137. The van der Waals surface area contributed by atoms with Crippen LogP contribution in [0.4, 0.5) is 28.0 Å². The van der Waals surface area contributed by atoms with E-state index in [0.717, 1.165) is 17.7 Å². The third kappa shape index (κ3) is 5.19. The highest BCUT2D eigenvalue weighted by atomic mass is 32.2. The first-order valence-electron chi connectivity index (χ1n) is 11.3. The third-order valence-corrected chi connectivity index (χ3v) is 8.47. The van der Waals surface area contributed by atoms with Crippen LogP contribution in [0.3, 0.4) is 0 Å². The number of carbonyl (C=O) groups is 1. The number of amides is 1. The molecule has 1 saturated heterocycles. The van der Waals surface area contributed by atoms with Crippen molar-refractivity contribution in [1.82, 2.24) is 9.21 Å². The molecule has 0 aliphatic carbocycles. The largest absolute Gasteiger partial charge is 0.465 e. The first-order valence-corrected chi connectivity index (χ1v) is 12.7. The molecule has 1 atom stereocenters. The second-order valence-corrected chi connectivity index (χ2v) is 10.7. The normalized spacial score (nSPS) is 19.8. The van der Waals surface area contributed by atoms with Crippen molar-refractivity contribution < 1.29 is 35.9 Å². The summed E-state index contributed by atoms with van der Waals surface area (Å²) in [7, 11) is -3.95. The molecule has 0 aromatic heterocycles. The first kappa shape index (κ1) is 26.0. The molecule has 12 heteroatoms. The van der Waals surface area contributed by atoms with Crippen LogP contribution in [0, 0.1) is 5.82 Å². The van der Waals surface area contributed by atoms with Crippen LogP contribution in [0.5, 0.6) is 0 Å². The number of piperazine rings is 1. The number of alkyl halides is 3. The number of nitrogens with zero attached hydrogens (tertiary/aromatic N) is 3. The van der Waals surface area contributed by atoms with Gasteiger partial charge in [0.15, 0.2) is 0 Å². The van der Waals surface area contributed by atoms with Gasteiger partial charge in [-0.3, -0.25) is 0 Å². The maximum Gasteiger partial charge on any atom is 0.418 e. The molecule has 194 valence electrons. The lowest BCUT2D eigenvalue weighted by Gasteiger charge is -2.40. The Kier molecular flexibility index (Phi) is 7.02. The van der Waals surface area contributed by atoms with Crippen molar-refractivity contribution in [1.29, 1.82) is 0 Å². The molecule has 1 unspecified atom stereocenters. The third-order valence-electron chi connectivity index (χ3n) is 6.46. The Bertz CT molecular complexity index is 1300. The van der Waals surface area contributed by atoms with Gasteiger partial charge in [-0.1, -0.05) is 18.2 Å². The van der Waals surface area contributed by atoms with Crippen LogP contribution in [0.2, 0.25) is 0 Å².